The van der Waals surface area contributed by atoms with Crippen LogP contribution in [0.15, 0.2) is 23.1 Å². The molecular weight excluding hydrogens is 312 g/mol. The van der Waals surface area contributed by atoms with Crippen LogP contribution in [0.5, 0.6) is 0 Å². The number of nitrogens with zero attached hydrogens (tertiary/aromatic N) is 1. The summed E-state index contributed by atoms with van der Waals surface area (Å²) in [7, 11) is -3.50. The molecule has 1 heterocycles. The van der Waals surface area contributed by atoms with E-state index in [1.165, 1.54) is 0 Å². The molecular formula is C17H24N2O3S. The maximum Gasteiger partial charge on any atom is 0.240 e. The zero-order chi connectivity index (χ0) is 16.6. The largest absolute Gasteiger partial charge is 0.312 e. The Hall–Kier alpha value is -1.40. The zero-order valence-corrected chi connectivity index (χ0v) is 14.5. The van der Waals surface area contributed by atoms with Gasteiger partial charge < -0.3 is 4.90 Å². The first kappa shape index (κ1) is 16.5. The predicted molar refractivity (Wildman–Crippen MR) is 89.9 cm³/mol. The highest BCUT2D eigenvalue weighted by atomic mass is 32.2. The SMILES string of the molecule is CCCC(C)NS(=O)(=O)c1ccc2c(c1)CCN2C(=O)C1CC1. The second-order valence-electron chi connectivity index (χ2n) is 6.62. The summed E-state index contributed by atoms with van der Waals surface area (Å²) < 4.78 is 27.6. The summed E-state index contributed by atoms with van der Waals surface area (Å²) in [5.74, 6) is 0.370. The van der Waals surface area contributed by atoms with Gasteiger partial charge in [-0.05, 0) is 56.4 Å². The van der Waals surface area contributed by atoms with Gasteiger partial charge >= 0.3 is 0 Å². The number of nitrogens with one attached hydrogen (secondary N) is 1. The lowest BCUT2D eigenvalue weighted by Gasteiger charge is -2.18. The fraction of sp³-hybridized carbons (Fsp3) is 0.588. The number of hydrogen-bond acceptors (Lipinski definition) is 3. The van der Waals surface area contributed by atoms with E-state index in [0.29, 0.717) is 11.4 Å². The first-order chi connectivity index (χ1) is 10.9. The number of carbonyl (C=O) groups excluding carboxylic acids is 1. The van der Waals surface area contributed by atoms with Crippen LogP contribution in [0, 0.1) is 5.92 Å². The Labute approximate surface area is 138 Å². The highest BCUT2D eigenvalue weighted by molar-refractivity contribution is 7.89. The molecule has 1 atom stereocenters. The van der Waals surface area contributed by atoms with Gasteiger partial charge in [0, 0.05) is 24.2 Å². The molecule has 3 rings (SSSR count). The van der Waals surface area contributed by atoms with E-state index in [9.17, 15) is 13.2 Å². The van der Waals surface area contributed by atoms with Gasteiger partial charge in [-0.1, -0.05) is 13.3 Å². The predicted octanol–water partition coefficient (Wildman–Crippen LogP) is 2.45. The molecule has 0 aromatic heterocycles. The van der Waals surface area contributed by atoms with Crippen molar-refractivity contribution in [3.05, 3.63) is 23.8 Å². The first-order valence-electron chi connectivity index (χ1n) is 8.39. The molecule has 0 spiro atoms. The van der Waals surface area contributed by atoms with Gasteiger partial charge in [0.2, 0.25) is 15.9 Å². The van der Waals surface area contributed by atoms with E-state index in [1.807, 2.05) is 18.7 Å². The molecule has 23 heavy (non-hydrogen) atoms. The van der Waals surface area contributed by atoms with E-state index in [-0.39, 0.29) is 17.9 Å². The molecule has 1 aromatic rings. The van der Waals surface area contributed by atoms with E-state index < -0.39 is 10.0 Å². The van der Waals surface area contributed by atoms with E-state index in [0.717, 1.165) is 43.4 Å². The Bertz CT molecular complexity index is 711. The Kier molecular flexibility index (Phi) is 4.47. The number of anilines is 1. The molecule has 1 unspecified atom stereocenters. The van der Waals surface area contributed by atoms with Gasteiger partial charge in [-0.25, -0.2) is 13.1 Å². The van der Waals surface area contributed by atoms with Crippen molar-refractivity contribution in [2.24, 2.45) is 5.92 Å². The van der Waals surface area contributed by atoms with Crippen LogP contribution in [0.2, 0.25) is 0 Å². The maximum atomic E-state index is 12.5. The van der Waals surface area contributed by atoms with Gasteiger partial charge in [0.1, 0.15) is 0 Å². The summed E-state index contributed by atoms with van der Waals surface area (Å²) in [4.78, 5) is 14.4. The number of sulfonamides is 1. The van der Waals surface area contributed by atoms with Crippen molar-refractivity contribution in [1.29, 1.82) is 0 Å². The van der Waals surface area contributed by atoms with Crippen LogP contribution in [0.3, 0.4) is 0 Å². The van der Waals surface area contributed by atoms with E-state index in [1.54, 1.807) is 18.2 Å². The molecule has 1 amide bonds. The van der Waals surface area contributed by atoms with Crippen LogP contribution in [-0.4, -0.2) is 26.9 Å². The standard InChI is InChI=1S/C17H24N2O3S/c1-3-4-12(2)18-23(21,22)15-7-8-16-14(11-15)9-10-19(16)17(20)13-5-6-13/h7-8,11-13,18H,3-6,9-10H2,1-2H3. The number of fused-ring (bicyclic) bond motifs is 1. The Morgan fingerprint density at radius 1 is 1.39 bits per heavy atom. The third-order valence-electron chi connectivity index (χ3n) is 4.53. The molecule has 1 aliphatic heterocycles. The molecule has 1 aromatic carbocycles. The number of hydrogen-bond donors (Lipinski definition) is 1. The molecule has 5 nitrogen and oxygen atoms in total. The molecule has 0 radical (unpaired) electrons. The van der Waals surface area contributed by atoms with Crippen LogP contribution < -0.4 is 9.62 Å². The first-order valence-corrected chi connectivity index (χ1v) is 9.87. The Balaban J connectivity index is 1.80. The average Bonchev–Trinajstić information content (AvgIpc) is 3.25. The van der Waals surface area contributed by atoms with Crippen molar-refractivity contribution < 1.29 is 13.2 Å². The molecule has 1 aliphatic carbocycles. The number of amides is 1. The monoisotopic (exact) mass is 336 g/mol. The quantitative estimate of drug-likeness (QED) is 0.868. The van der Waals surface area contributed by atoms with Gasteiger partial charge in [-0.2, -0.15) is 0 Å². The van der Waals surface area contributed by atoms with Crippen LogP contribution in [-0.2, 0) is 21.2 Å². The van der Waals surface area contributed by atoms with Crippen molar-refractivity contribution >= 4 is 21.6 Å². The fourth-order valence-corrected chi connectivity index (χ4v) is 4.48. The number of rotatable bonds is 6. The second-order valence-corrected chi connectivity index (χ2v) is 8.33. The van der Waals surface area contributed by atoms with Gasteiger partial charge in [0.15, 0.2) is 0 Å². The lowest BCUT2D eigenvalue weighted by atomic mass is 10.2. The topological polar surface area (TPSA) is 66.5 Å². The van der Waals surface area contributed by atoms with Gasteiger partial charge in [0.05, 0.1) is 4.90 Å². The third kappa shape index (κ3) is 3.43. The van der Waals surface area contributed by atoms with Gasteiger partial charge in [-0.15, -0.1) is 0 Å². The van der Waals surface area contributed by atoms with Crippen molar-refractivity contribution in [1.82, 2.24) is 4.72 Å². The van der Waals surface area contributed by atoms with Crippen LogP contribution >= 0.6 is 0 Å². The molecule has 0 saturated heterocycles. The molecule has 0 bridgehead atoms. The zero-order valence-electron chi connectivity index (χ0n) is 13.7. The summed E-state index contributed by atoms with van der Waals surface area (Å²) in [6, 6.07) is 5.03. The van der Waals surface area contributed by atoms with E-state index >= 15 is 0 Å². The van der Waals surface area contributed by atoms with Crippen molar-refractivity contribution in [2.75, 3.05) is 11.4 Å². The van der Waals surface area contributed by atoms with Gasteiger partial charge in [-0.3, -0.25) is 4.79 Å². The summed E-state index contributed by atoms with van der Waals surface area (Å²) in [6.07, 6.45) is 4.44. The maximum absolute atomic E-state index is 12.5. The highest BCUT2D eigenvalue weighted by Gasteiger charge is 2.36. The molecule has 6 heteroatoms. The Morgan fingerprint density at radius 3 is 2.78 bits per heavy atom. The van der Waals surface area contributed by atoms with Crippen LogP contribution in [0.4, 0.5) is 5.69 Å². The Morgan fingerprint density at radius 2 is 2.13 bits per heavy atom. The lowest BCUT2D eigenvalue weighted by molar-refractivity contribution is -0.119. The number of carbonyl (C=O) groups is 1. The van der Waals surface area contributed by atoms with E-state index in [4.69, 9.17) is 0 Å². The third-order valence-corrected chi connectivity index (χ3v) is 6.11. The minimum absolute atomic E-state index is 0.0776. The summed E-state index contributed by atoms with van der Waals surface area (Å²) in [5, 5.41) is 0. The lowest BCUT2D eigenvalue weighted by Crippen LogP contribution is -2.32. The molecule has 1 fully saturated rings. The second kappa shape index (κ2) is 6.24. The normalized spacial score (nSPS) is 18.8. The minimum Gasteiger partial charge on any atom is -0.312 e. The summed E-state index contributed by atoms with van der Waals surface area (Å²) in [6.45, 7) is 4.57. The van der Waals surface area contributed by atoms with Gasteiger partial charge in [0.25, 0.3) is 0 Å². The molecule has 1 N–H and O–H groups in total. The molecule has 1 saturated carbocycles. The van der Waals surface area contributed by atoms with E-state index in [2.05, 4.69) is 4.72 Å². The fourth-order valence-electron chi connectivity index (χ4n) is 3.15. The summed E-state index contributed by atoms with van der Waals surface area (Å²) in [5.41, 5.74) is 1.83. The minimum atomic E-state index is -3.50. The highest BCUT2D eigenvalue weighted by Crippen LogP contribution is 2.37. The van der Waals surface area contributed by atoms with Crippen molar-refractivity contribution in [3.8, 4) is 0 Å². The number of benzene rings is 1. The average molecular weight is 336 g/mol. The van der Waals surface area contributed by atoms with Crippen molar-refractivity contribution in [2.45, 2.75) is 56.9 Å². The summed E-state index contributed by atoms with van der Waals surface area (Å²) >= 11 is 0. The molecule has 126 valence electrons. The van der Waals surface area contributed by atoms with Crippen LogP contribution in [0.1, 0.15) is 45.1 Å². The van der Waals surface area contributed by atoms with Crippen molar-refractivity contribution in [3.63, 3.8) is 0 Å². The smallest absolute Gasteiger partial charge is 0.240 e. The van der Waals surface area contributed by atoms with Crippen LogP contribution in [0.25, 0.3) is 0 Å². The molecule has 2 aliphatic rings.